The number of ketones is 1. The maximum Gasteiger partial charge on any atom is 0.205 e. The fourth-order valence-electron chi connectivity index (χ4n) is 2.92. The van der Waals surface area contributed by atoms with Crippen molar-refractivity contribution in [3.05, 3.63) is 76.0 Å². The Balaban J connectivity index is 2.13. The number of benzene rings is 2. The first-order chi connectivity index (χ1) is 11.5. The van der Waals surface area contributed by atoms with Gasteiger partial charge in [0.25, 0.3) is 0 Å². The van der Waals surface area contributed by atoms with Crippen molar-refractivity contribution in [2.45, 2.75) is 20.8 Å². The second kappa shape index (κ2) is 6.17. The van der Waals surface area contributed by atoms with Gasteiger partial charge in [-0.2, -0.15) is 5.26 Å². The average molecular weight is 314 g/mol. The van der Waals surface area contributed by atoms with E-state index in [9.17, 15) is 10.1 Å². The highest BCUT2D eigenvalue weighted by molar-refractivity contribution is 6.20. The van der Waals surface area contributed by atoms with E-state index in [4.69, 9.17) is 0 Å². The van der Waals surface area contributed by atoms with Gasteiger partial charge in [0.15, 0.2) is 0 Å². The number of aryl methyl sites for hydroxylation is 3. The maximum atomic E-state index is 13.0. The number of aromatic nitrogens is 1. The van der Waals surface area contributed by atoms with Crippen molar-refractivity contribution in [1.82, 2.24) is 4.98 Å². The second-order valence-electron chi connectivity index (χ2n) is 6.03. The third-order valence-electron chi connectivity index (χ3n) is 4.22. The minimum Gasteiger partial charge on any atom is -0.358 e. The molecular weight excluding hydrogens is 296 g/mol. The van der Waals surface area contributed by atoms with Crippen molar-refractivity contribution in [2.24, 2.45) is 0 Å². The fraction of sp³-hybridized carbons (Fsp3) is 0.143. The third kappa shape index (κ3) is 2.75. The number of fused-ring (bicyclic) bond motifs is 1. The summed E-state index contributed by atoms with van der Waals surface area (Å²) in [7, 11) is 0. The number of Topliss-reactive ketones (excluding diaryl/α,β-unsaturated/α-hetero) is 1. The summed E-state index contributed by atoms with van der Waals surface area (Å²) < 4.78 is 0. The molecule has 3 nitrogen and oxygen atoms in total. The van der Waals surface area contributed by atoms with Gasteiger partial charge >= 0.3 is 0 Å². The molecule has 2 aromatic carbocycles. The summed E-state index contributed by atoms with van der Waals surface area (Å²) in [6.45, 7) is 5.83. The molecular formula is C21H18N2O. The number of carbonyl (C=O) groups excluding carboxylic acids is 1. The zero-order valence-corrected chi connectivity index (χ0v) is 14.0. The highest BCUT2D eigenvalue weighted by atomic mass is 16.1. The normalized spacial score (nSPS) is 11.5. The SMILES string of the molecule is Cc1ccc(C)c(/C=C(\C#N)C(=O)c2c(C)[nH]c3ccccc23)c1. The van der Waals surface area contributed by atoms with Crippen LogP contribution >= 0.6 is 0 Å². The van der Waals surface area contributed by atoms with Gasteiger partial charge in [-0.05, 0) is 44.0 Å². The number of H-pyrrole nitrogens is 1. The van der Waals surface area contributed by atoms with Gasteiger partial charge in [-0.15, -0.1) is 0 Å². The summed E-state index contributed by atoms with van der Waals surface area (Å²) in [6.07, 6.45) is 1.69. The molecule has 118 valence electrons. The third-order valence-corrected chi connectivity index (χ3v) is 4.22. The molecule has 3 rings (SSSR count). The van der Waals surface area contributed by atoms with Crippen LogP contribution in [0.3, 0.4) is 0 Å². The van der Waals surface area contributed by atoms with Crippen LogP contribution in [0.5, 0.6) is 0 Å². The molecule has 0 atom stereocenters. The predicted molar refractivity (Wildman–Crippen MR) is 96.9 cm³/mol. The minimum absolute atomic E-state index is 0.150. The first-order valence-corrected chi connectivity index (χ1v) is 7.82. The van der Waals surface area contributed by atoms with Crippen LogP contribution in [-0.4, -0.2) is 10.8 Å². The molecule has 0 spiro atoms. The van der Waals surface area contributed by atoms with Gasteiger partial charge < -0.3 is 4.98 Å². The monoisotopic (exact) mass is 314 g/mol. The largest absolute Gasteiger partial charge is 0.358 e. The van der Waals surface area contributed by atoms with E-state index in [-0.39, 0.29) is 11.4 Å². The summed E-state index contributed by atoms with van der Waals surface area (Å²) in [6, 6.07) is 15.7. The Morgan fingerprint density at radius 3 is 2.62 bits per heavy atom. The molecule has 0 amide bonds. The first kappa shape index (κ1) is 15.8. The van der Waals surface area contributed by atoms with Crippen molar-refractivity contribution in [2.75, 3.05) is 0 Å². The van der Waals surface area contributed by atoms with Crippen LogP contribution < -0.4 is 0 Å². The number of hydrogen-bond acceptors (Lipinski definition) is 2. The van der Waals surface area contributed by atoms with Crippen LogP contribution in [0, 0.1) is 32.1 Å². The molecule has 0 radical (unpaired) electrons. The zero-order valence-electron chi connectivity index (χ0n) is 14.0. The Morgan fingerprint density at radius 2 is 1.88 bits per heavy atom. The van der Waals surface area contributed by atoms with Crippen LogP contribution in [0.1, 0.15) is 32.7 Å². The van der Waals surface area contributed by atoms with Crippen molar-refractivity contribution in [3.63, 3.8) is 0 Å². The van der Waals surface area contributed by atoms with E-state index in [0.29, 0.717) is 5.56 Å². The molecule has 3 heteroatoms. The summed E-state index contributed by atoms with van der Waals surface area (Å²) in [5.41, 5.74) is 5.44. The molecule has 1 heterocycles. The van der Waals surface area contributed by atoms with E-state index < -0.39 is 0 Å². The predicted octanol–water partition coefficient (Wildman–Crippen LogP) is 4.88. The van der Waals surface area contributed by atoms with Crippen LogP contribution in [0.15, 0.2) is 48.0 Å². The number of nitrogens with one attached hydrogen (secondary N) is 1. The van der Waals surface area contributed by atoms with Crippen molar-refractivity contribution < 1.29 is 4.79 Å². The van der Waals surface area contributed by atoms with E-state index in [1.54, 1.807) is 6.08 Å². The molecule has 3 aromatic rings. The number of hydrogen-bond donors (Lipinski definition) is 1. The van der Waals surface area contributed by atoms with Gasteiger partial charge in [0.05, 0.1) is 5.56 Å². The highest BCUT2D eigenvalue weighted by Crippen LogP contribution is 2.25. The molecule has 0 aliphatic rings. The molecule has 0 aliphatic carbocycles. The average Bonchev–Trinajstić information content (AvgIpc) is 2.90. The minimum atomic E-state index is -0.242. The van der Waals surface area contributed by atoms with Gasteiger partial charge in [0.1, 0.15) is 11.6 Å². The Kier molecular flexibility index (Phi) is 4.05. The fourth-order valence-corrected chi connectivity index (χ4v) is 2.92. The number of aromatic amines is 1. The van der Waals surface area contributed by atoms with E-state index in [0.717, 1.165) is 33.3 Å². The topological polar surface area (TPSA) is 56.6 Å². The Bertz CT molecular complexity index is 1020. The molecule has 1 N–H and O–H groups in total. The molecule has 0 unspecified atom stereocenters. The van der Waals surface area contributed by atoms with Gasteiger partial charge in [-0.3, -0.25) is 4.79 Å². The van der Waals surface area contributed by atoms with Crippen molar-refractivity contribution in [1.29, 1.82) is 5.26 Å². The Labute approximate surface area is 141 Å². The van der Waals surface area contributed by atoms with Crippen LogP contribution in [0.2, 0.25) is 0 Å². The Morgan fingerprint density at radius 1 is 1.12 bits per heavy atom. The standard InChI is InChI=1S/C21H18N2O/c1-13-8-9-14(2)16(10-13)11-17(12-22)21(24)20-15(3)23-19-7-5-4-6-18(19)20/h4-11,23H,1-3H3/b17-11+. The van der Waals surface area contributed by atoms with Gasteiger partial charge in [0, 0.05) is 16.6 Å². The number of nitriles is 1. The summed E-state index contributed by atoms with van der Waals surface area (Å²) in [5, 5.41) is 10.4. The van der Waals surface area contributed by atoms with Gasteiger partial charge in [0.2, 0.25) is 5.78 Å². The number of nitrogens with zero attached hydrogens (tertiary/aromatic N) is 1. The first-order valence-electron chi connectivity index (χ1n) is 7.82. The summed E-state index contributed by atoms with van der Waals surface area (Å²) in [5.74, 6) is -0.242. The van der Waals surface area contributed by atoms with Crippen LogP contribution in [-0.2, 0) is 0 Å². The number of allylic oxidation sites excluding steroid dienone is 1. The molecule has 1 aromatic heterocycles. The molecule has 0 fully saturated rings. The number of carbonyl (C=O) groups is 1. The lowest BCUT2D eigenvalue weighted by atomic mass is 9.97. The van der Waals surface area contributed by atoms with E-state index in [2.05, 4.69) is 11.1 Å². The lowest BCUT2D eigenvalue weighted by molar-refractivity contribution is 0.104. The zero-order chi connectivity index (χ0) is 17.3. The lowest BCUT2D eigenvalue weighted by Gasteiger charge is -2.04. The quantitative estimate of drug-likeness (QED) is 0.425. The van der Waals surface area contributed by atoms with Crippen LogP contribution in [0.25, 0.3) is 17.0 Å². The van der Waals surface area contributed by atoms with Gasteiger partial charge in [-0.1, -0.05) is 42.0 Å². The Hall–Kier alpha value is -3.12. The number of para-hydroxylation sites is 1. The van der Waals surface area contributed by atoms with Crippen molar-refractivity contribution in [3.8, 4) is 6.07 Å². The van der Waals surface area contributed by atoms with Crippen molar-refractivity contribution >= 4 is 22.8 Å². The van der Waals surface area contributed by atoms with E-state index in [1.807, 2.05) is 63.2 Å². The van der Waals surface area contributed by atoms with E-state index in [1.165, 1.54) is 0 Å². The maximum absolute atomic E-state index is 13.0. The molecule has 0 bridgehead atoms. The van der Waals surface area contributed by atoms with E-state index >= 15 is 0 Å². The molecule has 0 saturated heterocycles. The smallest absolute Gasteiger partial charge is 0.205 e. The summed E-state index contributed by atoms with van der Waals surface area (Å²) >= 11 is 0. The molecule has 0 saturated carbocycles. The lowest BCUT2D eigenvalue weighted by Crippen LogP contribution is -2.03. The summed E-state index contributed by atoms with van der Waals surface area (Å²) in [4.78, 5) is 16.2. The van der Waals surface area contributed by atoms with Crippen LogP contribution in [0.4, 0.5) is 0 Å². The highest BCUT2D eigenvalue weighted by Gasteiger charge is 2.19. The number of rotatable bonds is 3. The molecule has 0 aliphatic heterocycles. The molecule has 24 heavy (non-hydrogen) atoms. The van der Waals surface area contributed by atoms with Gasteiger partial charge in [-0.25, -0.2) is 0 Å². The second-order valence-corrected chi connectivity index (χ2v) is 6.03.